The van der Waals surface area contributed by atoms with Gasteiger partial charge in [0, 0.05) is 66.1 Å². The molecule has 120 heavy (non-hydrogen) atoms. The number of aromatic nitrogens is 4. The molecule has 0 amide bonds. The van der Waals surface area contributed by atoms with E-state index in [9.17, 15) is 0 Å². The summed E-state index contributed by atoms with van der Waals surface area (Å²) in [5.41, 5.74) is 31.0. The van der Waals surface area contributed by atoms with Gasteiger partial charge in [-0.15, -0.1) is 0 Å². The summed E-state index contributed by atoms with van der Waals surface area (Å²) in [6.45, 7) is 37.7. The molecule has 0 unspecified atom stereocenters. The van der Waals surface area contributed by atoms with Crippen LogP contribution in [0.15, 0.2) is 267 Å². The molecule has 0 saturated heterocycles. The van der Waals surface area contributed by atoms with Crippen LogP contribution in [0, 0.1) is 0 Å². The van der Waals surface area contributed by atoms with Gasteiger partial charge in [-0.05, 0) is 297 Å². The number of H-pyrrole nitrogens is 2. The van der Waals surface area contributed by atoms with E-state index in [4.69, 9.17) is 9.97 Å². The number of benzene rings is 16. The van der Waals surface area contributed by atoms with E-state index >= 15 is 0 Å². The molecule has 2 aliphatic heterocycles. The van der Waals surface area contributed by atoms with Crippen molar-refractivity contribution in [1.82, 2.24) is 19.9 Å². The SMILES string of the molecule is CC(C)c1cc(-c2c3nc(c(-c4cc(C(C)C)cc(C(C)C)c4)c4[nH]c(c(-c5cc(C(C)C)cc(C(C)C)c5)c5nc(c(-c6cc(C(C)C)cc(C(C)C)c6)c6[nH]c2c2cc7cc8ccccc8cc7cc62)-c2cc6cc7ccccc7cc6cc2-5)c2cc5cc6ccccc6cc5cc42)-c2cc4cc5ccccc5cc4cc2-3)cc(C(C)C)c1. The van der Waals surface area contributed by atoms with E-state index in [0.717, 1.165) is 155 Å². The summed E-state index contributed by atoms with van der Waals surface area (Å²) in [7, 11) is 0. The fraction of sp³-hybridized carbons (Fsp3) is 0.207. The molecule has 4 nitrogen and oxygen atoms in total. The average Bonchev–Trinajstić information content (AvgIpc) is 1.54. The van der Waals surface area contributed by atoms with E-state index in [1.807, 2.05) is 0 Å². The maximum atomic E-state index is 6.76. The summed E-state index contributed by atoms with van der Waals surface area (Å²) >= 11 is 0. The van der Waals surface area contributed by atoms with E-state index < -0.39 is 0 Å². The predicted octanol–water partition coefficient (Wildman–Crippen LogP) is 34.2. The molecule has 3 aliphatic rings. The second-order valence-corrected chi connectivity index (χ2v) is 37.4. The Bertz CT molecular complexity index is 6780. The third-order valence-corrected chi connectivity index (χ3v) is 26.8. The Labute approximate surface area is 704 Å². The fourth-order valence-electron chi connectivity index (χ4n) is 19.7. The van der Waals surface area contributed by atoms with Gasteiger partial charge < -0.3 is 9.97 Å². The number of nitrogens with one attached hydrogen (secondary N) is 2. The highest BCUT2D eigenvalue weighted by Crippen LogP contribution is 2.56. The van der Waals surface area contributed by atoms with Gasteiger partial charge in [-0.2, -0.15) is 0 Å². The van der Waals surface area contributed by atoms with Gasteiger partial charge in [0.1, 0.15) is 0 Å². The highest BCUT2D eigenvalue weighted by molar-refractivity contribution is 6.26. The van der Waals surface area contributed by atoms with Gasteiger partial charge in [0.25, 0.3) is 0 Å². The van der Waals surface area contributed by atoms with Crippen LogP contribution in [0.1, 0.15) is 203 Å². The van der Waals surface area contributed by atoms with Crippen LogP contribution in [0.2, 0.25) is 0 Å². The molecule has 0 atom stereocenters. The summed E-state index contributed by atoms with van der Waals surface area (Å²) in [6, 6.07) is 105. The van der Waals surface area contributed by atoms with E-state index in [-0.39, 0.29) is 47.3 Å². The molecule has 4 heteroatoms. The summed E-state index contributed by atoms with van der Waals surface area (Å²) < 4.78 is 0. The van der Waals surface area contributed by atoms with Crippen LogP contribution in [-0.4, -0.2) is 19.9 Å². The minimum atomic E-state index is 0.210. The fourth-order valence-corrected chi connectivity index (χ4v) is 19.7. The molecule has 586 valence electrons. The van der Waals surface area contributed by atoms with E-state index in [0.29, 0.717) is 0 Å². The van der Waals surface area contributed by atoms with Gasteiger partial charge in [0.05, 0.1) is 44.8 Å². The zero-order valence-corrected chi connectivity index (χ0v) is 71.9. The average molecular weight is 1550 g/mol. The van der Waals surface area contributed by atoms with E-state index in [1.54, 1.807) is 0 Å². The molecule has 21 rings (SSSR count). The van der Waals surface area contributed by atoms with Crippen molar-refractivity contribution in [1.29, 1.82) is 0 Å². The van der Waals surface area contributed by atoms with Crippen molar-refractivity contribution in [2.24, 2.45) is 0 Å². The molecule has 0 radical (unpaired) electrons. The first-order chi connectivity index (χ1) is 58.0. The van der Waals surface area contributed by atoms with Gasteiger partial charge in [0.2, 0.25) is 0 Å². The van der Waals surface area contributed by atoms with Crippen LogP contribution >= 0.6 is 0 Å². The lowest BCUT2D eigenvalue weighted by atomic mass is 9.87. The second kappa shape index (κ2) is 28.5. The van der Waals surface area contributed by atoms with Gasteiger partial charge in [0.15, 0.2) is 0 Å². The third-order valence-electron chi connectivity index (χ3n) is 26.8. The van der Waals surface area contributed by atoms with Crippen LogP contribution in [0.25, 0.3) is 219 Å². The lowest BCUT2D eigenvalue weighted by Crippen LogP contribution is -1.97. The summed E-state index contributed by atoms with van der Waals surface area (Å²) in [5, 5.41) is 23.4. The van der Waals surface area contributed by atoms with Crippen molar-refractivity contribution in [3.05, 3.63) is 311 Å². The van der Waals surface area contributed by atoms with Crippen LogP contribution in [-0.2, 0) is 0 Å². The Balaban J connectivity index is 1.12. The van der Waals surface area contributed by atoms with Crippen LogP contribution in [0.4, 0.5) is 0 Å². The quantitative estimate of drug-likeness (QED) is 0.120. The summed E-state index contributed by atoms with van der Waals surface area (Å²) in [6.07, 6.45) is 0. The van der Waals surface area contributed by atoms with Gasteiger partial charge >= 0.3 is 0 Å². The lowest BCUT2D eigenvalue weighted by Gasteiger charge is -2.17. The zero-order chi connectivity index (χ0) is 82.3. The standard InChI is InChI=1S/C116H102N4/c1-61(2)77-41-78(62(3)4)46-93(45-77)105-109-97-53-85-33-69-25-17-19-27-71(69)35-87(85)55-99(97)111(117-109)106(94-47-79(63(5)6)42-80(48-94)64(7)8)113-101-57-89-37-73-29-21-23-31-75(73)39-91(89)59-103(101)115(119-113)108(96-51-83(67(13)14)44-84(52-96)68(15)16)116-104-60-92-40-76-32-24-22-30-74(76)38-90(92)58-102(104)114(120-116)107(95-49-81(65(9)10)43-82(50-95)66(11)12)112-100-56-88-36-72-28-20-18-26-70(72)34-86(88)54-98(100)110(105)118-112/h17-68,117,120H,1-16H3. The number of nitrogens with zero attached hydrogens (tertiary/aromatic N) is 2. The zero-order valence-electron chi connectivity index (χ0n) is 71.9. The molecule has 0 saturated carbocycles. The van der Waals surface area contributed by atoms with Crippen molar-refractivity contribution < 1.29 is 0 Å². The maximum Gasteiger partial charge on any atom is 0.0816 e. The van der Waals surface area contributed by atoms with Gasteiger partial charge in [-0.3, -0.25) is 0 Å². The number of aromatic amines is 2. The molecular formula is C116H102N4. The second-order valence-electron chi connectivity index (χ2n) is 37.4. The van der Waals surface area contributed by atoms with Crippen molar-refractivity contribution >= 4 is 130 Å². The number of hydrogen-bond donors (Lipinski definition) is 2. The Morgan fingerprint density at radius 1 is 0.175 bits per heavy atom. The number of hydrogen-bond acceptors (Lipinski definition) is 2. The Morgan fingerprint density at radius 2 is 0.333 bits per heavy atom. The summed E-state index contributed by atoms with van der Waals surface area (Å²) in [5.74, 6) is 1.68. The molecule has 16 aromatic carbocycles. The highest BCUT2D eigenvalue weighted by atomic mass is 14.8. The van der Waals surface area contributed by atoms with Gasteiger partial charge in [-0.25, -0.2) is 9.97 Å². The molecule has 0 fully saturated rings. The van der Waals surface area contributed by atoms with E-state index in [2.05, 4.69) is 388 Å². The molecule has 4 heterocycles. The molecule has 8 bridgehead atoms. The molecule has 1 aliphatic carbocycles. The van der Waals surface area contributed by atoms with E-state index in [1.165, 1.54) is 109 Å². The van der Waals surface area contributed by atoms with Gasteiger partial charge in [-0.1, -0.05) is 281 Å². The molecule has 2 N–H and O–H groups in total. The normalized spacial score (nSPS) is 12.6. The minimum Gasteiger partial charge on any atom is -0.353 e. The molecular weight excluding hydrogens is 1450 g/mol. The van der Waals surface area contributed by atoms with Crippen LogP contribution in [0.3, 0.4) is 0 Å². The maximum absolute atomic E-state index is 6.76. The largest absolute Gasteiger partial charge is 0.353 e. The molecule has 18 aromatic rings. The first kappa shape index (κ1) is 74.8. The molecule has 2 aromatic heterocycles. The minimum absolute atomic E-state index is 0.210. The smallest absolute Gasteiger partial charge is 0.0816 e. The number of rotatable bonds is 12. The van der Waals surface area contributed by atoms with Crippen molar-refractivity contribution in [3.63, 3.8) is 0 Å². The van der Waals surface area contributed by atoms with Crippen molar-refractivity contribution in [2.45, 2.75) is 158 Å². The lowest BCUT2D eigenvalue weighted by molar-refractivity contribution is 0.834. The first-order valence-corrected chi connectivity index (χ1v) is 43.9. The monoisotopic (exact) mass is 1550 g/mol. The van der Waals surface area contributed by atoms with Crippen LogP contribution in [0.5, 0.6) is 0 Å². The Hall–Kier alpha value is -12.8. The predicted molar refractivity (Wildman–Crippen MR) is 519 cm³/mol. The molecule has 0 spiro atoms. The van der Waals surface area contributed by atoms with Crippen molar-refractivity contribution in [3.8, 4) is 89.5 Å². The highest BCUT2D eigenvalue weighted by Gasteiger charge is 2.34. The van der Waals surface area contributed by atoms with Crippen molar-refractivity contribution in [2.75, 3.05) is 0 Å². The first-order valence-electron chi connectivity index (χ1n) is 43.9. The Morgan fingerprint density at radius 3 is 0.492 bits per heavy atom. The summed E-state index contributed by atoms with van der Waals surface area (Å²) in [4.78, 5) is 22.9. The Kier molecular flexibility index (Phi) is 17.7. The van der Waals surface area contributed by atoms with Crippen LogP contribution < -0.4 is 0 Å². The number of fused-ring (bicyclic) bond motifs is 8. The topological polar surface area (TPSA) is 57.4 Å². The third kappa shape index (κ3) is 12.4.